The van der Waals surface area contributed by atoms with Crippen LogP contribution in [-0.2, 0) is 0 Å². The summed E-state index contributed by atoms with van der Waals surface area (Å²) in [6.07, 6.45) is 3.49. The lowest BCUT2D eigenvalue weighted by atomic mass is 10.1. The number of thiazole rings is 1. The van der Waals surface area contributed by atoms with Gasteiger partial charge < -0.3 is 14.2 Å². The Morgan fingerprint density at radius 2 is 1.73 bits per heavy atom. The third-order valence-corrected chi connectivity index (χ3v) is 3.95. The highest BCUT2D eigenvalue weighted by atomic mass is 32.1. The second-order valence-corrected chi connectivity index (χ2v) is 5.23. The van der Waals surface area contributed by atoms with Crippen molar-refractivity contribution in [3.63, 3.8) is 0 Å². The van der Waals surface area contributed by atoms with Crippen LogP contribution in [0.1, 0.15) is 0 Å². The van der Waals surface area contributed by atoms with Crippen LogP contribution >= 0.6 is 11.3 Å². The summed E-state index contributed by atoms with van der Waals surface area (Å²) < 4.78 is 17.9. The minimum Gasteiger partial charge on any atom is -0.493 e. The highest BCUT2D eigenvalue weighted by Crippen LogP contribution is 2.41. The van der Waals surface area contributed by atoms with Crippen molar-refractivity contribution in [3.05, 3.63) is 36.0 Å². The molecule has 0 aliphatic rings. The molecule has 7 heteroatoms. The first kappa shape index (κ1) is 14.4. The van der Waals surface area contributed by atoms with Crippen LogP contribution in [-0.4, -0.2) is 36.1 Å². The van der Waals surface area contributed by atoms with Gasteiger partial charge in [0.2, 0.25) is 10.9 Å². The van der Waals surface area contributed by atoms with Gasteiger partial charge in [-0.2, -0.15) is 5.10 Å². The van der Waals surface area contributed by atoms with Gasteiger partial charge in [0.1, 0.15) is 0 Å². The molecule has 22 heavy (non-hydrogen) atoms. The summed E-state index contributed by atoms with van der Waals surface area (Å²) in [5.74, 6) is 1.77. The molecule has 0 aliphatic carbocycles. The Bertz CT molecular complexity index is 743. The number of hydrogen-bond donors (Lipinski definition) is 0. The first-order valence-electron chi connectivity index (χ1n) is 6.52. The standard InChI is InChI=1S/C15H15N3O3S/c1-19-12-8-10(9-13(20-2)14(12)21-3)11-4-5-17-18(11)15-16-6-7-22-15/h4-9H,1-3H3. The van der Waals surface area contributed by atoms with Crippen LogP contribution in [0.5, 0.6) is 17.2 Å². The van der Waals surface area contributed by atoms with Gasteiger partial charge in [-0.05, 0) is 18.2 Å². The second-order valence-electron chi connectivity index (χ2n) is 4.36. The topological polar surface area (TPSA) is 58.4 Å². The molecular formula is C15H15N3O3S. The van der Waals surface area contributed by atoms with Crippen molar-refractivity contribution >= 4 is 11.3 Å². The zero-order valence-corrected chi connectivity index (χ0v) is 13.3. The van der Waals surface area contributed by atoms with E-state index in [0.29, 0.717) is 17.2 Å². The molecule has 2 heterocycles. The quantitative estimate of drug-likeness (QED) is 0.724. The van der Waals surface area contributed by atoms with E-state index < -0.39 is 0 Å². The molecule has 0 aliphatic heterocycles. The number of nitrogens with zero attached hydrogens (tertiary/aromatic N) is 3. The monoisotopic (exact) mass is 317 g/mol. The van der Waals surface area contributed by atoms with Crippen LogP contribution in [0.25, 0.3) is 16.4 Å². The van der Waals surface area contributed by atoms with E-state index >= 15 is 0 Å². The zero-order chi connectivity index (χ0) is 15.5. The Morgan fingerprint density at radius 3 is 2.27 bits per heavy atom. The summed E-state index contributed by atoms with van der Waals surface area (Å²) >= 11 is 1.52. The molecule has 3 aromatic rings. The van der Waals surface area contributed by atoms with Crippen molar-refractivity contribution < 1.29 is 14.2 Å². The van der Waals surface area contributed by atoms with E-state index in [1.165, 1.54) is 11.3 Å². The van der Waals surface area contributed by atoms with Crippen LogP contribution < -0.4 is 14.2 Å². The highest BCUT2D eigenvalue weighted by Gasteiger charge is 2.17. The molecule has 0 spiro atoms. The average molecular weight is 317 g/mol. The Kier molecular flexibility index (Phi) is 3.97. The SMILES string of the molecule is COc1cc(-c2ccnn2-c2nccs2)cc(OC)c1OC. The van der Waals surface area contributed by atoms with E-state index in [2.05, 4.69) is 10.1 Å². The Morgan fingerprint density at radius 1 is 1.00 bits per heavy atom. The van der Waals surface area contributed by atoms with Crippen LogP contribution in [0.2, 0.25) is 0 Å². The molecule has 1 aromatic carbocycles. The molecule has 2 aromatic heterocycles. The number of aromatic nitrogens is 3. The lowest BCUT2D eigenvalue weighted by molar-refractivity contribution is 0.324. The van der Waals surface area contributed by atoms with Gasteiger partial charge in [-0.1, -0.05) is 0 Å². The van der Waals surface area contributed by atoms with Gasteiger partial charge in [0, 0.05) is 17.1 Å². The normalized spacial score (nSPS) is 10.5. The number of ether oxygens (including phenoxy) is 3. The highest BCUT2D eigenvalue weighted by molar-refractivity contribution is 7.12. The molecule has 0 fully saturated rings. The molecule has 6 nitrogen and oxygen atoms in total. The Balaban J connectivity index is 2.16. The molecule has 0 amide bonds. The maximum Gasteiger partial charge on any atom is 0.210 e. The third kappa shape index (κ3) is 2.39. The van der Waals surface area contributed by atoms with E-state index in [1.54, 1.807) is 38.4 Å². The predicted molar refractivity (Wildman–Crippen MR) is 84.3 cm³/mol. The molecule has 0 unspecified atom stereocenters. The van der Waals surface area contributed by atoms with Crippen molar-refractivity contribution in [2.75, 3.05) is 21.3 Å². The second kappa shape index (κ2) is 6.07. The Labute approximate surface area is 131 Å². The van der Waals surface area contributed by atoms with Gasteiger partial charge in [0.15, 0.2) is 11.5 Å². The van der Waals surface area contributed by atoms with Crippen LogP contribution in [0.4, 0.5) is 0 Å². The molecule has 0 bridgehead atoms. The minimum atomic E-state index is 0.564. The van der Waals surface area contributed by atoms with Gasteiger partial charge in [-0.25, -0.2) is 9.67 Å². The van der Waals surface area contributed by atoms with Gasteiger partial charge in [-0.3, -0.25) is 0 Å². The molecule has 0 atom stereocenters. The van der Waals surface area contributed by atoms with E-state index in [0.717, 1.165) is 16.4 Å². The van der Waals surface area contributed by atoms with E-state index in [9.17, 15) is 0 Å². The number of hydrogen-bond acceptors (Lipinski definition) is 6. The van der Waals surface area contributed by atoms with Gasteiger partial charge >= 0.3 is 0 Å². The molecule has 0 N–H and O–H groups in total. The van der Waals surface area contributed by atoms with Crippen LogP contribution in [0.3, 0.4) is 0 Å². The lowest BCUT2D eigenvalue weighted by Gasteiger charge is -2.14. The van der Waals surface area contributed by atoms with Gasteiger partial charge in [0.05, 0.1) is 33.2 Å². The van der Waals surface area contributed by atoms with Crippen molar-refractivity contribution in [3.8, 4) is 33.6 Å². The molecule has 0 saturated heterocycles. The van der Waals surface area contributed by atoms with E-state index in [4.69, 9.17) is 14.2 Å². The van der Waals surface area contributed by atoms with Gasteiger partial charge in [0.25, 0.3) is 0 Å². The molecule has 114 valence electrons. The molecule has 0 radical (unpaired) electrons. The summed E-state index contributed by atoms with van der Waals surface area (Å²) in [7, 11) is 4.78. The summed E-state index contributed by atoms with van der Waals surface area (Å²) in [4.78, 5) is 4.30. The predicted octanol–water partition coefficient (Wildman–Crippen LogP) is 3.02. The third-order valence-electron chi connectivity index (χ3n) is 3.20. The number of benzene rings is 1. The molecule has 3 rings (SSSR count). The van der Waals surface area contributed by atoms with Crippen molar-refractivity contribution in [1.82, 2.24) is 14.8 Å². The maximum absolute atomic E-state index is 5.40. The Hall–Kier alpha value is -2.54. The minimum absolute atomic E-state index is 0.564. The summed E-state index contributed by atoms with van der Waals surface area (Å²) in [6.45, 7) is 0. The van der Waals surface area contributed by atoms with Crippen LogP contribution in [0.15, 0.2) is 36.0 Å². The number of rotatable bonds is 5. The van der Waals surface area contributed by atoms with Crippen LogP contribution in [0, 0.1) is 0 Å². The smallest absolute Gasteiger partial charge is 0.210 e. The van der Waals surface area contributed by atoms with E-state index in [-0.39, 0.29) is 0 Å². The van der Waals surface area contributed by atoms with Crippen molar-refractivity contribution in [2.45, 2.75) is 0 Å². The first-order valence-corrected chi connectivity index (χ1v) is 7.40. The molecule has 0 saturated carbocycles. The molecular weight excluding hydrogens is 302 g/mol. The average Bonchev–Trinajstić information content (AvgIpc) is 3.23. The fourth-order valence-electron chi connectivity index (χ4n) is 2.22. The largest absolute Gasteiger partial charge is 0.493 e. The lowest BCUT2D eigenvalue weighted by Crippen LogP contribution is -2.00. The summed E-state index contributed by atoms with van der Waals surface area (Å²) in [6, 6.07) is 5.70. The van der Waals surface area contributed by atoms with E-state index in [1.807, 2.05) is 23.6 Å². The maximum atomic E-state index is 5.40. The summed E-state index contributed by atoms with van der Waals surface area (Å²) in [5.41, 5.74) is 1.80. The van der Waals surface area contributed by atoms with Crippen molar-refractivity contribution in [1.29, 1.82) is 0 Å². The van der Waals surface area contributed by atoms with Gasteiger partial charge in [-0.15, -0.1) is 11.3 Å². The number of methoxy groups -OCH3 is 3. The summed E-state index contributed by atoms with van der Waals surface area (Å²) in [5, 5.41) is 7.05. The fourth-order valence-corrected chi connectivity index (χ4v) is 2.83. The first-order chi connectivity index (χ1) is 10.8. The van der Waals surface area contributed by atoms with Crippen molar-refractivity contribution in [2.24, 2.45) is 0 Å². The fraction of sp³-hybridized carbons (Fsp3) is 0.200. The zero-order valence-electron chi connectivity index (χ0n) is 12.4.